The van der Waals surface area contributed by atoms with Crippen molar-refractivity contribution in [2.45, 2.75) is 12.5 Å². The van der Waals surface area contributed by atoms with Crippen LogP contribution in [0.3, 0.4) is 0 Å². The molecule has 0 aliphatic rings. The second-order valence-electron chi connectivity index (χ2n) is 4.86. The van der Waals surface area contributed by atoms with Crippen LogP contribution in [0.5, 0.6) is 5.75 Å². The van der Waals surface area contributed by atoms with Crippen LogP contribution >= 0.6 is 23.2 Å². The largest absolute Gasteiger partial charge is 0.489 e. The summed E-state index contributed by atoms with van der Waals surface area (Å²) in [5.74, 6) is 0.691. The first-order valence-electron chi connectivity index (χ1n) is 6.64. The Morgan fingerprint density at radius 3 is 2.57 bits per heavy atom. The number of halogens is 2. The summed E-state index contributed by atoms with van der Waals surface area (Å²) in [6, 6.07) is 13.7. The number of nitrogens with one attached hydrogen (secondary N) is 1. The predicted octanol–water partition coefficient (Wildman–Crippen LogP) is 5.30. The molecule has 0 saturated heterocycles. The average Bonchev–Trinajstić information content (AvgIpc) is 2.86. The first kappa shape index (κ1) is 14.3. The van der Waals surface area contributed by atoms with Crippen molar-refractivity contribution < 1.29 is 4.74 Å². The van der Waals surface area contributed by atoms with Crippen molar-refractivity contribution >= 4 is 34.1 Å². The van der Waals surface area contributed by atoms with Gasteiger partial charge in [0, 0.05) is 12.6 Å². The van der Waals surface area contributed by atoms with E-state index in [1.165, 1.54) is 5.56 Å². The number of fused-ring (bicyclic) bond motifs is 1. The molecule has 0 amide bonds. The Balaban J connectivity index is 1.85. The molecule has 1 aromatic heterocycles. The van der Waals surface area contributed by atoms with E-state index in [4.69, 9.17) is 27.9 Å². The van der Waals surface area contributed by atoms with Crippen LogP contribution in [0.4, 0.5) is 0 Å². The zero-order chi connectivity index (χ0) is 14.8. The van der Waals surface area contributed by atoms with Gasteiger partial charge in [0.2, 0.25) is 0 Å². The zero-order valence-corrected chi connectivity index (χ0v) is 12.8. The van der Waals surface area contributed by atoms with Gasteiger partial charge in [-0.3, -0.25) is 0 Å². The molecule has 0 aliphatic heterocycles. The highest BCUT2D eigenvalue weighted by Crippen LogP contribution is 2.36. The van der Waals surface area contributed by atoms with Crippen molar-refractivity contribution in [3.05, 3.63) is 71.2 Å². The molecule has 1 unspecified atom stereocenters. The van der Waals surface area contributed by atoms with Gasteiger partial charge in [0.25, 0.3) is 0 Å². The molecule has 2 aromatic carbocycles. The SMILES string of the molecule is [CH2]C(Cc1ccccc1)Oc1ccc(Cl)c2[nH]cc(Cl)c12. The first-order chi connectivity index (χ1) is 10.1. The molecule has 0 fully saturated rings. The van der Waals surface area contributed by atoms with Gasteiger partial charge in [-0.05, 0) is 24.6 Å². The van der Waals surface area contributed by atoms with Gasteiger partial charge in [0.05, 0.1) is 20.9 Å². The summed E-state index contributed by atoms with van der Waals surface area (Å²) in [7, 11) is 0. The van der Waals surface area contributed by atoms with Gasteiger partial charge in [-0.15, -0.1) is 0 Å². The minimum atomic E-state index is -0.206. The average molecular weight is 319 g/mol. The normalized spacial score (nSPS) is 12.5. The summed E-state index contributed by atoms with van der Waals surface area (Å²) in [6.45, 7) is 4.06. The minimum absolute atomic E-state index is 0.206. The van der Waals surface area contributed by atoms with Crippen LogP contribution in [0.1, 0.15) is 5.56 Å². The van der Waals surface area contributed by atoms with Gasteiger partial charge in [0.15, 0.2) is 0 Å². The fourth-order valence-electron chi connectivity index (χ4n) is 2.34. The number of hydrogen-bond donors (Lipinski definition) is 1. The summed E-state index contributed by atoms with van der Waals surface area (Å²) in [6.07, 6.45) is 2.23. The Kier molecular flexibility index (Phi) is 4.09. The van der Waals surface area contributed by atoms with Crippen molar-refractivity contribution in [2.24, 2.45) is 0 Å². The topological polar surface area (TPSA) is 25.0 Å². The van der Waals surface area contributed by atoms with Gasteiger partial charge in [-0.2, -0.15) is 0 Å². The second kappa shape index (κ2) is 6.00. The molecule has 1 atom stereocenters. The predicted molar refractivity (Wildman–Crippen MR) is 88.2 cm³/mol. The van der Waals surface area contributed by atoms with Crippen LogP contribution in [0.25, 0.3) is 10.9 Å². The highest BCUT2D eigenvalue weighted by Gasteiger charge is 2.14. The standard InChI is InChI=1S/C17H14Cl2NO/c1-11(9-12-5-3-2-4-6-12)21-15-8-7-13(18)17-16(15)14(19)10-20-17/h2-8,10-11,20H,1,9H2. The maximum atomic E-state index is 6.20. The molecule has 0 aliphatic carbocycles. The van der Waals surface area contributed by atoms with Crippen LogP contribution < -0.4 is 4.74 Å². The first-order valence-corrected chi connectivity index (χ1v) is 7.39. The molecule has 0 saturated carbocycles. The van der Waals surface area contributed by atoms with E-state index in [0.29, 0.717) is 15.8 Å². The molecule has 2 nitrogen and oxygen atoms in total. The molecule has 0 bridgehead atoms. The van der Waals surface area contributed by atoms with E-state index in [2.05, 4.69) is 24.0 Å². The Morgan fingerprint density at radius 1 is 1.05 bits per heavy atom. The van der Waals surface area contributed by atoms with Crippen LogP contribution in [0.15, 0.2) is 48.7 Å². The Bertz CT molecular complexity index is 752. The molecule has 1 radical (unpaired) electrons. The Labute approximate surface area is 133 Å². The lowest BCUT2D eigenvalue weighted by Gasteiger charge is -2.16. The molecule has 1 heterocycles. The summed E-state index contributed by atoms with van der Waals surface area (Å²) < 4.78 is 5.95. The lowest BCUT2D eigenvalue weighted by atomic mass is 10.1. The maximum Gasteiger partial charge on any atom is 0.130 e. The zero-order valence-electron chi connectivity index (χ0n) is 11.3. The summed E-state index contributed by atoms with van der Waals surface area (Å²) in [4.78, 5) is 3.06. The molecule has 21 heavy (non-hydrogen) atoms. The molecule has 3 rings (SSSR count). The van der Waals surface area contributed by atoms with E-state index in [9.17, 15) is 0 Å². The van der Waals surface area contributed by atoms with E-state index in [-0.39, 0.29) is 6.10 Å². The molecular weight excluding hydrogens is 305 g/mol. The molecular formula is C17H14Cl2NO. The Morgan fingerprint density at radius 2 is 1.81 bits per heavy atom. The second-order valence-corrected chi connectivity index (χ2v) is 5.68. The molecule has 1 N–H and O–H groups in total. The van der Waals surface area contributed by atoms with Crippen LogP contribution in [0.2, 0.25) is 10.0 Å². The van der Waals surface area contributed by atoms with Gasteiger partial charge >= 0.3 is 0 Å². The number of benzene rings is 2. The van der Waals surface area contributed by atoms with Crippen molar-refractivity contribution in [3.63, 3.8) is 0 Å². The summed E-state index contributed by atoms with van der Waals surface area (Å²) in [5.41, 5.74) is 1.97. The van der Waals surface area contributed by atoms with Crippen molar-refractivity contribution in [1.82, 2.24) is 4.98 Å². The molecule has 107 valence electrons. The minimum Gasteiger partial charge on any atom is -0.489 e. The van der Waals surface area contributed by atoms with Gasteiger partial charge in [-0.1, -0.05) is 53.5 Å². The van der Waals surface area contributed by atoms with Crippen LogP contribution in [-0.4, -0.2) is 11.1 Å². The van der Waals surface area contributed by atoms with Gasteiger partial charge < -0.3 is 9.72 Å². The van der Waals surface area contributed by atoms with Gasteiger partial charge in [-0.25, -0.2) is 0 Å². The highest BCUT2D eigenvalue weighted by atomic mass is 35.5. The summed E-state index contributed by atoms with van der Waals surface area (Å²) >= 11 is 12.4. The fourth-order valence-corrected chi connectivity index (χ4v) is 2.79. The number of aromatic amines is 1. The third-order valence-corrected chi connectivity index (χ3v) is 3.91. The monoisotopic (exact) mass is 318 g/mol. The van der Waals surface area contributed by atoms with E-state index >= 15 is 0 Å². The van der Waals surface area contributed by atoms with Crippen molar-refractivity contribution in [2.75, 3.05) is 0 Å². The smallest absolute Gasteiger partial charge is 0.130 e. The Hall–Kier alpha value is -1.64. The fraction of sp³-hybridized carbons (Fsp3) is 0.118. The number of hydrogen-bond acceptors (Lipinski definition) is 1. The maximum absolute atomic E-state index is 6.20. The molecule has 4 heteroatoms. The van der Waals surface area contributed by atoms with E-state index in [0.717, 1.165) is 17.3 Å². The van der Waals surface area contributed by atoms with E-state index in [1.807, 2.05) is 24.3 Å². The van der Waals surface area contributed by atoms with Gasteiger partial charge in [0.1, 0.15) is 11.9 Å². The van der Waals surface area contributed by atoms with Crippen LogP contribution in [-0.2, 0) is 6.42 Å². The lowest BCUT2D eigenvalue weighted by Crippen LogP contribution is -2.15. The van der Waals surface area contributed by atoms with Crippen molar-refractivity contribution in [1.29, 1.82) is 0 Å². The number of aromatic nitrogens is 1. The number of rotatable bonds is 4. The quantitative estimate of drug-likeness (QED) is 0.693. The van der Waals surface area contributed by atoms with E-state index < -0.39 is 0 Å². The third kappa shape index (κ3) is 3.02. The molecule has 3 aromatic rings. The number of H-pyrrole nitrogens is 1. The van der Waals surface area contributed by atoms with Crippen molar-refractivity contribution in [3.8, 4) is 5.75 Å². The number of ether oxygens (including phenoxy) is 1. The van der Waals surface area contributed by atoms with Crippen LogP contribution in [0, 0.1) is 6.92 Å². The molecule has 0 spiro atoms. The van der Waals surface area contributed by atoms with E-state index in [1.54, 1.807) is 12.3 Å². The lowest BCUT2D eigenvalue weighted by molar-refractivity contribution is 0.250. The summed E-state index contributed by atoms with van der Waals surface area (Å²) in [5, 5.41) is 2.01. The highest BCUT2D eigenvalue weighted by molar-refractivity contribution is 6.40. The third-order valence-electron chi connectivity index (χ3n) is 3.30.